The lowest BCUT2D eigenvalue weighted by atomic mass is 10.3. The SMILES string of the molecule is Cn1c(=O)[nH]c(=O)n(-c2ccc(Oc3ccc(S(=O)(=O)C(F)(F)F)cc3)c(S(=O)(=O)N3CCOCC3)c2)c1=O. The van der Waals surface area contributed by atoms with E-state index in [0.717, 1.165) is 41.7 Å². The van der Waals surface area contributed by atoms with Crippen molar-refractivity contribution in [3.05, 3.63) is 73.9 Å². The van der Waals surface area contributed by atoms with Crippen molar-refractivity contribution >= 4 is 19.9 Å². The number of hydrogen-bond acceptors (Lipinski definition) is 9. The molecule has 2 aromatic carbocycles. The summed E-state index contributed by atoms with van der Waals surface area (Å²) in [6, 6.07) is 6.30. The summed E-state index contributed by atoms with van der Waals surface area (Å²) in [5.41, 5.74) is -8.94. The number of H-pyrrole nitrogens is 1. The number of morpholine rings is 1. The van der Waals surface area contributed by atoms with Gasteiger partial charge in [-0.05, 0) is 42.5 Å². The Morgan fingerprint density at radius 3 is 2.13 bits per heavy atom. The lowest BCUT2D eigenvalue weighted by molar-refractivity contribution is -0.0436. The molecule has 0 unspecified atom stereocenters. The normalized spacial score (nSPS) is 15.3. The van der Waals surface area contributed by atoms with E-state index in [9.17, 15) is 44.4 Å². The van der Waals surface area contributed by atoms with E-state index < -0.39 is 52.2 Å². The van der Waals surface area contributed by atoms with Crippen LogP contribution in [0.4, 0.5) is 13.2 Å². The number of ether oxygens (including phenoxy) is 2. The van der Waals surface area contributed by atoms with Crippen LogP contribution in [0.1, 0.15) is 0 Å². The van der Waals surface area contributed by atoms with Crippen LogP contribution in [0.5, 0.6) is 11.5 Å². The molecule has 13 nitrogen and oxygen atoms in total. The lowest BCUT2D eigenvalue weighted by Crippen LogP contribution is -2.47. The number of sulfone groups is 1. The Labute approximate surface area is 217 Å². The second kappa shape index (κ2) is 10.1. The molecule has 0 radical (unpaired) electrons. The molecule has 0 atom stereocenters. The van der Waals surface area contributed by atoms with Crippen molar-refractivity contribution in [2.24, 2.45) is 7.05 Å². The first kappa shape index (κ1) is 28.3. The molecule has 39 heavy (non-hydrogen) atoms. The van der Waals surface area contributed by atoms with Crippen molar-refractivity contribution in [3.8, 4) is 17.2 Å². The smallest absolute Gasteiger partial charge is 0.456 e. The van der Waals surface area contributed by atoms with E-state index in [-0.39, 0.29) is 43.5 Å². The van der Waals surface area contributed by atoms with E-state index >= 15 is 0 Å². The third-order valence-electron chi connectivity index (χ3n) is 5.64. The van der Waals surface area contributed by atoms with E-state index in [1.54, 1.807) is 0 Å². The van der Waals surface area contributed by atoms with Gasteiger partial charge in [0.1, 0.15) is 16.4 Å². The van der Waals surface area contributed by atoms with Crippen LogP contribution in [0.15, 0.2) is 66.6 Å². The Bertz CT molecular complexity index is 1810. The van der Waals surface area contributed by atoms with Gasteiger partial charge in [0, 0.05) is 20.1 Å². The molecule has 0 saturated carbocycles. The molecule has 3 aromatic rings. The van der Waals surface area contributed by atoms with Gasteiger partial charge < -0.3 is 9.47 Å². The zero-order valence-corrected chi connectivity index (χ0v) is 21.5. The van der Waals surface area contributed by atoms with Crippen LogP contribution in [0, 0.1) is 0 Å². The highest BCUT2D eigenvalue weighted by atomic mass is 32.2. The first-order valence-electron chi connectivity index (χ1n) is 10.9. The van der Waals surface area contributed by atoms with Crippen molar-refractivity contribution < 1.29 is 39.5 Å². The fourth-order valence-electron chi connectivity index (χ4n) is 3.58. The summed E-state index contributed by atoms with van der Waals surface area (Å²) in [5.74, 6) is -0.551. The van der Waals surface area contributed by atoms with Crippen LogP contribution in [0.2, 0.25) is 0 Å². The summed E-state index contributed by atoms with van der Waals surface area (Å²) in [6.45, 7) is 0.112. The zero-order valence-electron chi connectivity index (χ0n) is 19.8. The number of hydrogen-bond donors (Lipinski definition) is 1. The molecule has 2 heterocycles. The molecule has 0 spiro atoms. The maximum atomic E-state index is 13.5. The zero-order chi connectivity index (χ0) is 28.8. The Hall–Kier alpha value is -3.74. The molecule has 210 valence electrons. The van der Waals surface area contributed by atoms with E-state index in [0.29, 0.717) is 21.3 Å². The number of nitrogens with zero attached hydrogens (tertiary/aromatic N) is 3. The highest BCUT2D eigenvalue weighted by Crippen LogP contribution is 2.35. The molecule has 0 amide bonds. The summed E-state index contributed by atoms with van der Waals surface area (Å²) < 4.78 is 102. The predicted octanol–water partition coefficient (Wildman–Crippen LogP) is 0.331. The summed E-state index contributed by atoms with van der Waals surface area (Å²) in [5, 5.41) is 0. The molecule has 0 bridgehead atoms. The molecule has 1 N–H and O–H groups in total. The van der Waals surface area contributed by atoms with Gasteiger partial charge in [0.15, 0.2) is 0 Å². The molecule has 1 aliphatic rings. The van der Waals surface area contributed by atoms with Gasteiger partial charge in [-0.2, -0.15) is 17.5 Å². The average Bonchev–Trinajstić information content (AvgIpc) is 2.88. The number of benzene rings is 2. The summed E-state index contributed by atoms with van der Waals surface area (Å²) in [7, 11) is -8.87. The van der Waals surface area contributed by atoms with E-state index in [4.69, 9.17) is 9.47 Å². The number of aromatic nitrogens is 3. The maximum Gasteiger partial charge on any atom is 0.501 e. The molecule has 18 heteroatoms. The quantitative estimate of drug-likeness (QED) is 0.424. The molecular weight excluding hydrogens is 573 g/mol. The fourth-order valence-corrected chi connectivity index (χ4v) is 5.88. The van der Waals surface area contributed by atoms with Gasteiger partial charge in [-0.1, -0.05) is 0 Å². The minimum atomic E-state index is -5.62. The van der Waals surface area contributed by atoms with Crippen molar-refractivity contribution in [1.82, 2.24) is 18.4 Å². The minimum Gasteiger partial charge on any atom is -0.456 e. The fraction of sp³-hybridized carbons (Fsp3) is 0.286. The van der Waals surface area contributed by atoms with Crippen LogP contribution in [-0.2, 0) is 31.6 Å². The topological polar surface area (TPSA) is 167 Å². The molecule has 1 fully saturated rings. The van der Waals surface area contributed by atoms with Gasteiger partial charge in [0.25, 0.3) is 9.84 Å². The number of aromatic amines is 1. The Morgan fingerprint density at radius 1 is 0.923 bits per heavy atom. The summed E-state index contributed by atoms with van der Waals surface area (Å²) in [4.78, 5) is 37.1. The monoisotopic (exact) mass is 592 g/mol. The van der Waals surface area contributed by atoms with Crippen molar-refractivity contribution in [1.29, 1.82) is 0 Å². The van der Waals surface area contributed by atoms with Crippen molar-refractivity contribution in [2.75, 3.05) is 26.3 Å². The Morgan fingerprint density at radius 2 is 1.54 bits per heavy atom. The number of halogens is 3. The number of rotatable bonds is 6. The maximum absolute atomic E-state index is 13.5. The van der Waals surface area contributed by atoms with Crippen LogP contribution in [-0.4, -0.2) is 67.1 Å². The molecule has 0 aliphatic carbocycles. The second-order valence-corrected chi connectivity index (χ2v) is 11.9. The molecular formula is C21H19F3N4O9S2. The third kappa shape index (κ3) is 5.27. The van der Waals surface area contributed by atoms with Gasteiger partial charge in [-0.3, -0.25) is 4.98 Å². The van der Waals surface area contributed by atoms with E-state index in [2.05, 4.69) is 0 Å². The van der Waals surface area contributed by atoms with E-state index in [1.165, 1.54) is 0 Å². The van der Waals surface area contributed by atoms with Crippen molar-refractivity contribution in [2.45, 2.75) is 15.3 Å². The minimum absolute atomic E-state index is 0.0314. The number of nitrogens with one attached hydrogen (secondary N) is 1. The highest BCUT2D eigenvalue weighted by Gasteiger charge is 2.46. The molecule has 1 aliphatic heterocycles. The first-order valence-corrected chi connectivity index (χ1v) is 13.8. The lowest BCUT2D eigenvalue weighted by Gasteiger charge is -2.27. The number of alkyl halides is 3. The van der Waals surface area contributed by atoms with Gasteiger partial charge >= 0.3 is 22.6 Å². The summed E-state index contributed by atoms with van der Waals surface area (Å²) in [6.07, 6.45) is 0. The third-order valence-corrected chi connectivity index (χ3v) is 9.06. The van der Waals surface area contributed by atoms with Crippen LogP contribution in [0.25, 0.3) is 5.69 Å². The highest BCUT2D eigenvalue weighted by molar-refractivity contribution is 7.92. The van der Waals surface area contributed by atoms with Crippen LogP contribution < -0.4 is 21.8 Å². The van der Waals surface area contributed by atoms with Crippen LogP contribution >= 0.6 is 0 Å². The Kier molecular flexibility index (Phi) is 7.32. The van der Waals surface area contributed by atoms with Gasteiger partial charge in [-0.15, -0.1) is 0 Å². The predicted molar refractivity (Wildman–Crippen MR) is 127 cm³/mol. The van der Waals surface area contributed by atoms with Gasteiger partial charge in [-0.25, -0.2) is 40.4 Å². The standard InChI is InChI=1S/C21H19F3N4O9S2/c1-26-18(29)25-19(30)28(20(26)31)13-2-7-16(17(12-13)39(34,35)27-8-10-36-11-9-27)37-14-3-5-15(6-4-14)38(32,33)21(22,23)24/h2-7,12H,8-11H2,1H3,(H,25,29,30). The Balaban J connectivity index is 1.83. The van der Waals surface area contributed by atoms with E-state index in [1.807, 2.05) is 4.98 Å². The largest absolute Gasteiger partial charge is 0.501 e. The van der Waals surface area contributed by atoms with Crippen LogP contribution in [0.3, 0.4) is 0 Å². The number of sulfonamides is 1. The van der Waals surface area contributed by atoms with Crippen molar-refractivity contribution in [3.63, 3.8) is 0 Å². The van der Waals surface area contributed by atoms with Gasteiger partial charge in [0.05, 0.1) is 23.8 Å². The average molecular weight is 593 g/mol. The first-order chi connectivity index (χ1) is 18.1. The molecule has 1 saturated heterocycles. The molecule has 1 aromatic heterocycles. The molecule has 4 rings (SSSR count). The summed E-state index contributed by atoms with van der Waals surface area (Å²) >= 11 is 0. The second-order valence-electron chi connectivity index (χ2n) is 8.08. The van der Waals surface area contributed by atoms with Gasteiger partial charge in [0.2, 0.25) is 10.0 Å².